The van der Waals surface area contributed by atoms with Gasteiger partial charge in [0.15, 0.2) is 16.6 Å². The number of benzene rings is 3. The number of nitrogens with zero attached hydrogens (tertiary/aromatic N) is 2. The van der Waals surface area contributed by atoms with Crippen LogP contribution in [-0.4, -0.2) is 42.6 Å². The first-order chi connectivity index (χ1) is 19.8. The van der Waals surface area contributed by atoms with Crippen LogP contribution in [0.15, 0.2) is 60.2 Å². The van der Waals surface area contributed by atoms with Crippen molar-refractivity contribution in [3.05, 3.63) is 82.4 Å². The van der Waals surface area contributed by atoms with Gasteiger partial charge in [0.05, 0.1) is 42.7 Å². The second-order valence-electron chi connectivity index (χ2n) is 9.93. The molecule has 3 aromatic carbocycles. The van der Waals surface area contributed by atoms with Crippen LogP contribution in [0.1, 0.15) is 48.1 Å². The number of carbonyl (C=O) groups excluding carboxylic acids is 2. The number of ketones is 1. The number of carbonyl (C=O) groups is 2. The van der Waals surface area contributed by atoms with Crippen LogP contribution < -0.4 is 19.1 Å². The van der Waals surface area contributed by atoms with Gasteiger partial charge in [0.2, 0.25) is 0 Å². The predicted molar refractivity (Wildman–Crippen MR) is 160 cm³/mol. The van der Waals surface area contributed by atoms with E-state index in [0.29, 0.717) is 45.6 Å². The minimum absolute atomic E-state index is 0.0118. The lowest BCUT2D eigenvalue weighted by Crippen LogP contribution is -2.29. The van der Waals surface area contributed by atoms with Gasteiger partial charge in [-0.2, -0.15) is 0 Å². The average molecular weight is 573 g/mol. The Balaban J connectivity index is 1.71. The summed E-state index contributed by atoms with van der Waals surface area (Å²) in [7, 11) is 3.12. The lowest BCUT2D eigenvalue weighted by atomic mass is 9.93. The van der Waals surface area contributed by atoms with E-state index >= 15 is 0 Å². The number of rotatable bonds is 9. The monoisotopic (exact) mass is 572 g/mol. The van der Waals surface area contributed by atoms with Crippen LogP contribution >= 0.6 is 11.3 Å². The van der Waals surface area contributed by atoms with Gasteiger partial charge in [-0.1, -0.05) is 48.4 Å². The number of aromatic nitrogens is 1. The third kappa shape index (κ3) is 5.25. The Morgan fingerprint density at radius 3 is 2.54 bits per heavy atom. The average Bonchev–Trinajstić information content (AvgIpc) is 3.51. The molecular formula is C32H32N2O6S. The normalized spacial score (nSPS) is 16.4. The molecule has 1 fully saturated rings. The molecule has 1 N–H and O–H groups in total. The van der Waals surface area contributed by atoms with Crippen LogP contribution in [0.25, 0.3) is 16.0 Å². The number of thiazole rings is 1. The number of aliphatic hydroxyl groups is 1. The van der Waals surface area contributed by atoms with E-state index in [1.165, 1.54) is 16.2 Å². The van der Waals surface area contributed by atoms with Crippen molar-refractivity contribution >= 4 is 44.1 Å². The summed E-state index contributed by atoms with van der Waals surface area (Å²) in [6.45, 7) is 6.38. The zero-order chi connectivity index (χ0) is 29.3. The molecule has 1 atom stereocenters. The fourth-order valence-electron chi connectivity index (χ4n) is 4.90. The topological polar surface area (TPSA) is 98.2 Å². The molecule has 2 heterocycles. The van der Waals surface area contributed by atoms with Crippen molar-refractivity contribution in [3.8, 4) is 17.2 Å². The van der Waals surface area contributed by atoms with Crippen LogP contribution in [0.4, 0.5) is 5.13 Å². The van der Waals surface area contributed by atoms with Crippen molar-refractivity contribution in [1.82, 2.24) is 4.98 Å². The molecule has 4 aromatic rings. The van der Waals surface area contributed by atoms with Crippen molar-refractivity contribution < 1.29 is 28.9 Å². The summed E-state index contributed by atoms with van der Waals surface area (Å²) < 4.78 is 17.7. The van der Waals surface area contributed by atoms with Crippen LogP contribution in [0.5, 0.6) is 17.2 Å². The molecule has 5 rings (SSSR count). The highest BCUT2D eigenvalue weighted by molar-refractivity contribution is 7.22. The third-order valence-corrected chi connectivity index (χ3v) is 8.16. The smallest absolute Gasteiger partial charge is 0.301 e. The van der Waals surface area contributed by atoms with Gasteiger partial charge >= 0.3 is 5.91 Å². The van der Waals surface area contributed by atoms with Gasteiger partial charge in [0.1, 0.15) is 11.5 Å². The maximum absolute atomic E-state index is 13.7. The number of aryl methyl sites for hydroxylation is 2. The minimum Gasteiger partial charge on any atom is -0.507 e. The summed E-state index contributed by atoms with van der Waals surface area (Å²) in [5.74, 6) is -0.109. The fourth-order valence-corrected chi connectivity index (χ4v) is 5.92. The third-order valence-electron chi connectivity index (χ3n) is 7.14. The molecule has 1 saturated heterocycles. The number of amides is 1. The zero-order valence-electron chi connectivity index (χ0n) is 23.7. The number of unbranched alkanes of at least 4 members (excludes halogenated alkanes) is 1. The Hall–Kier alpha value is -4.37. The molecule has 0 radical (unpaired) electrons. The summed E-state index contributed by atoms with van der Waals surface area (Å²) in [6.07, 6.45) is 1.88. The van der Waals surface area contributed by atoms with Gasteiger partial charge in [0.25, 0.3) is 5.78 Å². The first-order valence-corrected chi connectivity index (χ1v) is 14.2. The lowest BCUT2D eigenvalue weighted by Gasteiger charge is -2.24. The minimum atomic E-state index is -0.948. The summed E-state index contributed by atoms with van der Waals surface area (Å²) in [5, 5.41) is 12.0. The molecular weight excluding hydrogens is 540 g/mol. The van der Waals surface area contributed by atoms with Gasteiger partial charge in [-0.25, -0.2) is 4.98 Å². The van der Waals surface area contributed by atoms with Gasteiger partial charge < -0.3 is 19.3 Å². The SMILES string of the molecule is CCCCOc1ccc(C2C(=C(O)c3cc(C)ccc3C)C(=O)C(=O)N2c2nc3ccc(OC)cc3s2)cc1OC. The molecule has 8 nitrogen and oxygen atoms in total. The van der Waals surface area contributed by atoms with E-state index in [-0.39, 0.29) is 11.3 Å². The summed E-state index contributed by atoms with van der Waals surface area (Å²) in [4.78, 5) is 33.4. The van der Waals surface area contributed by atoms with Crippen LogP contribution in [0.3, 0.4) is 0 Å². The number of Topliss-reactive ketones (excluding diaryl/α,β-unsaturated/α-hetero) is 1. The molecule has 1 aliphatic rings. The Labute approximate surface area is 242 Å². The Bertz CT molecular complexity index is 1670. The second kappa shape index (κ2) is 11.6. The van der Waals surface area contributed by atoms with E-state index in [1.54, 1.807) is 44.6 Å². The van der Waals surface area contributed by atoms with E-state index in [2.05, 4.69) is 6.92 Å². The molecule has 0 bridgehead atoms. The Morgan fingerprint density at radius 2 is 1.80 bits per heavy atom. The highest BCUT2D eigenvalue weighted by Gasteiger charge is 2.48. The maximum Gasteiger partial charge on any atom is 0.301 e. The number of methoxy groups -OCH3 is 2. The zero-order valence-corrected chi connectivity index (χ0v) is 24.5. The van der Waals surface area contributed by atoms with Crippen molar-refractivity contribution in [2.24, 2.45) is 0 Å². The number of anilines is 1. The van der Waals surface area contributed by atoms with Crippen LogP contribution in [0.2, 0.25) is 0 Å². The predicted octanol–water partition coefficient (Wildman–Crippen LogP) is 6.74. The molecule has 9 heteroatoms. The van der Waals surface area contributed by atoms with E-state index < -0.39 is 17.7 Å². The van der Waals surface area contributed by atoms with E-state index in [9.17, 15) is 14.7 Å². The van der Waals surface area contributed by atoms with E-state index in [4.69, 9.17) is 19.2 Å². The first kappa shape index (κ1) is 28.2. The molecule has 1 unspecified atom stereocenters. The van der Waals surface area contributed by atoms with Crippen LogP contribution in [0, 0.1) is 13.8 Å². The number of hydrogen-bond acceptors (Lipinski definition) is 8. The quantitative estimate of drug-likeness (QED) is 0.103. The standard InChI is InChI=1S/C32H32N2O6S/c1-6-7-14-40-24-13-10-20(16-25(24)39-5)28-27(29(35)22-15-18(2)8-9-19(22)3)30(36)31(37)34(28)32-33-23-12-11-21(38-4)17-26(23)41-32/h8-13,15-17,28,35H,6-7,14H2,1-5H3. The summed E-state index contributed by atoms with van der Waals surface area (Å²) in [5.41, 5.74) is 3.42. The molecule has 1 aromatic heterocycles. The molecule has 0 saturated carbocycles. The molecule has 1 aliphatic heterocycles. The molecule has 1 amide bonds. The number of ether oxygens (including phenoxy) is 3. The lowest BCUT2D eigenvalue weighted by molar-refractivity contribution is -0.132. The molecule has 212 valence electrons. The van der Waals surface area contributed by atoms with Gasteiger partial charge in [-0.05, 0) is 67.8 Å². The molecule has 41 heavy (non-hydrogen) atoms. The summed E-state index contributed by atoms with van der Waals surface area (Å²) >= 11 is 1.27. The van der Waals surface area contributed by atoms with Crippen molar-refractivity contribution in [1.29, 1.82) is 0 Å². The van der Waals surface area contributed by atoms with Crippen molar-refractivity contribution in [2.75, 3.05) is 25.7 Å². The van der Waals surface area contributed by atoms with Gasteiger partial charge in [0, 0.05) is 5.56 Å². The number of fused-ring (bicyclic) bond motifs is 1. The number of aliphatic hydroxyl groups excluding tert-OH is 1. The van der Waals surface area contributed by atoms with E-state index in [1.807, 2.05) is 38.1 Å². The fraction of sp³-hybridized carbons (Fsp3) is 0.281. The van der Waals surface area contributed by atoms with E-state index in [0.717, 1.165) is 28.7 Å². The maximum atomic E-state index is 13.7. The van der Waals surface area contributed by atoms with Gasteiger partial charge in [-0.3, -0.25) is 14.5 Å². The largest absolute Gasteiger partial charge is 0.507 e. The Kier molecular flexibility index (Phi) is 7.99. The molecule has 0 spiro atoms. The summed E-state index contributed by atoms with van der Waals surface area (Å²) in [6, 6.07) is 15.4. The first-order valence-electron chi connectivity index (χ1n) is 13.4. The van der Waals surface area contributed by atoms with Gasteiger partial charge in [-0.15, -0.1) is 0 Å². The highest BCUT2D eigenvalue weighted by Crippen LogP contribution is 2.46. The van der Waals surface area contributed by atoms with Crippen molar-refractivity contribution in [2.45, 2.75) is 39.7 Å². The molecule has 0 aliphatic carbocycles. The second-order valence-corrected chi connectivity index (χ2v) is 10.9. The van der Waals surface area contributed by atoms with Crippen molar-refractivity contribution in [3.63, 3.8) is 0 Å². The number of hydrogen-bond donors (Lipinski definition) is 1. The Morgan fingerprint density at radius 1 is 1.00 bits per heavy atom. The van der Waals surface area contributed by atoms with Crippen LogP contribution in [-0.2, 0) is 9.59 Å². The highest BCUT2D eigenvalue weighted by atomic mass is 32.1.